The van der Waals surface area contributed by atoms with E-state index >= 15 is 0 Å². The van der Waals surface area contributed by atoms with Crippen molar-refractivity contribution in [2.45, 2.75) is 108 Å². The maximum Gasteiger partial charge on any atom is 0.479 e. The Kier molecular flexibility index (Phi) is 34.3. The first kappa shape index (κ1) is 63.9. The molecule has 0 aromatic rings. The molecule has 0 heterocycles. The summed E-state index contributed by atoms with van der Waals surface area (Å²) >= 11 is 0. The van der Waals surface area contributed by atoms with Crippen LogP contribution in [0.5, 0.6) is 0 Å². The van der Waals surface area contributed by atoms with Gasteiger partial charge in [-0.25, -0.2) is 26.6 Å². The maximum absolute atomic E-state index is 11.5. The van der Waals surface area contributed by atoms with Crippen LogP contribution in [0.3, 0.4) is 0 Å². The van der Waals surface area contributed by atoms with Crippen molar-refractivity contribution in [1.29, 1.82) is 0 Å². The summed E-state index contributed by atoms with van der Waals surface area (Å²) in [5.74, 6) is 0. The number of phosphoric acid groups is 5. The molecule has 6 atom stereocenters. The lowest BCUT2D eigenvalue weighted by molar-refractivity contribution is -0.214. The summed E-state index contributed by atoms with van der Waals surface area (Å²) in [6.07, 6.45) is 16.2. The normalized spacial score (nSPS) is 18.3. The highest BCUT2D eigenvalue weighted by Gasteiger charge is 2.29. The maximum atomic E-state index is 11.5. The Balaban J connectivity index is -0.000000272. The Morgan fingerprint density at radius 1 is 0.534 bits per heavy atom. The quantitative estimate of drug-likeness (QED) is 0.0367. The standard InChI is InChI=1S/C21H38O6P2.2C5H12O7P2.CH4.H2/c1-18(2)10-7-11-19(3)12-8-13-20(4)14-9-15-21(5)16-17-26-29(24,25)27-28(6,22)23;2*1-5(2)3-4-11-14(9,10)12-13(6,7)8;;/h10,12,14,16H,7-9,11,13,15,17H2,1-6H3,(H,22,23)(H,24,25);3H,4H2,1-2H3,(H,9,10)(H2,6,7,8);1,3-4H2,2H3,(H,9,10)(H2,6,7,8);1H4;1H/p-2/b19-12+,20-14+,21-16+;;;;. The Morgan fingerprint density at radius 3 is 1.21 bits per heavy atom. The second kappa shape index (κ2) is 31.2. The first-order valence-corrected chi connectivity index (χ1v) is 26.4. The van der Waals surface area contributed by atoms with Gasteiger partial charge in [-0.3, -0.25) is 27.3 Å². The molecule has 0 bridgehead atoms. The van der Waals surface area contributed by atoms with Crippen LogP contribution >= 0.6 is 46.7 Å². The van der Waals surface area contributed by atoms with Crippen molar-refractivity contribution < 1.29 is 94.5 Å². The van der Waals surface area contributed by atoms with Crippen LogP contribution in [0.4, 0.5) is 0 Å². The Bertz CT molecular complexity index is 1680. The summed E-state index contributed by atoms with van der Waals surface area (Å²) < 4.78 is 88.3. The minimum absolute atomic E-state index is 0. The molecular formula is C32H66O20P6-2. The fourth-order valence-corrected chi connectivity index (χ4v) is 8.45. The average Bonchev–Trinajstić information content (AvgIpc) is 2.93. The topological polar surface area (TPSA) is 325 Å². The van der Waals surface area contributed by atoms with E-state index in [9.17, 15) is 42.1 Å². The third kappa shape index (κ3) is 51.4. The summed E-state index contributed by atoms with van der Waals surface area (Å²) in [7, 11) is -28.6. The third-order valence-corrected chi connectivity index (χ3v) is 12.8. The van der Waals surface area contributed by atoms with Crippen LogP contribution in [-0.4, -0.2) is 55.8 Å². The summed E-state index contributed by atoms with van der Waals surface area (Å²) in [6, 6.07) is 0. The molecule has 0 aliphatic heterocycles. The van der Waals surface area contributed by atoms with Gasteiger partial charge in [0.2, 0.25) is 0 Å². The molecule has 0 rings (SSSR count). The van der Waals surface area contributed by atoms with E-state index < -0.39 is 46.7 Å². The zero-order chi connectivity index (χ0) is 45.3. The van der Waals surface area contributed by atoms with Crippen molar-refractivity contribution in [2.75, 3.05) is 26.5 Å². The van der Waals surface area contributed by atoms with Crippen LogP contribution in [0.25, 0.3) is 0 Å². The van der Waals surface area contributed by atoms with Gasteiger partial charge in [-0.05, 0) is 100 Å². The SMILES string of the molecule is C.C=C(C)CCOP(=O)(O)OP(=O)([O-])O.CC(C)=CCC/C(C)=C/CC/C(C)=C/CC/C(C)=C/COP(=O)(O)OP(C)(=O)O.CC(C)=CCOP(=O)(O)OP(=O)([O-])O.[HH]. The molecule has 0 radical (unpaired) electrons. The fourth-order valence-electron chi connectivity index (χ4n) is 3.42. The second-order valence-electron chi connectivity index (χ2n) is 12.9. The molecule has 20 nitrogen and oxygen atoms in total. The lowest BCUT2D eigenvalue weighted by Crippen LogP contribution is -2.04. The van der Waals surface area contributed by atoms with E-state index in [0.717, 1.165) is 56.3 Å². The van der Waals surface area contributed by atoms with Crippen LogP contribution in [0.1, 0.15) is 109 Å². The van der Waals surface area contributed by atoms with Crippen molar-refractivity contribution in [3.05, 3.63) is 70.4 Å². The Labute approximate surface area is 345 Å². The first-order valence-electron chi connectivity index (χ1n) is 16.9. The van der Waals surface area contributed by atoms with Crippen LogP contribution in [0, 0.1) is 0 Å². The molecule has 26 heteroatoms. The Hall–Kier alpha value is -0.740. The summed E-state index contributed by atoms with van der Waals surface area (Å²) in [5, 5.41) is 0. The third-order valence-electron chi connectivity index (χ3n) is 6.00. The van der Waals surface area contributed by atoms with Gasteiger partial charge in [-0.1, -0.05) is 71.2 Å². The van der Waals surface area contributed by atoms with E-state index in [0.29, 0.717) is 5.57 Å². The highest BCUT2D eigenvalue weighted by molar-refractivity contribution is 7.63. The molecule has 0 fully saturated rings. The minimum Gasteiger partial charge on any atom is -0.756 e. The van der Waals surface area contributed by atoms with Gasteiger partial charge in [0.1, 0.15) is 0 Å². The molecule has 6 N–H and O–H groups in total. The second-order valence-corrected chi connectivity index (χ2v) is 21.9. The molecule has 0 amide bonds. The van der Waals surface area contributed by atoms with Crippen LogP contribution in [-0.2, 0) is 53.9 Å². The van der Waals surface area contributed by atoms with Gasteiger partial charge in [-0.15, -0.1) is 6.58 Å². The molecule has 58 heavy (non-hydrogen) atoms. The predicted octanol–water partition coefficient (Wildman–Crippen LogP) is 9.06. The molecule has 0 aliphatic rings. The Morgan fingerprint density at radius 2 is 0.862 bits per heavy atom. The predicted molar refractivity (Wildman–Crippen MR) is 222 cm³/mol. The number of phosphoric ester groups is 3. The van der Waals surface area contributed by atoms with Gasteiger partial charge in [0.25, 0.3) is 15.6 Å². The van der Waals surface area contributed by atoms with Gasteiger partial charge in [0.05, 0.1) is 19.8 Å². The monoisotopic (exact) mass is 956 g/mol. The van der Waals surface area contributed by atoms with E-state index in [-0.39, 0.29) is 35.1 Å². The van der Waals surface area contributed by atoms with E-state index in [1.54, 1.807) is 26.8 Å². The number of rotatable bonds is 25. The highest BCUT2D eigenvalue weighted by atomic mass is 31.3. The highest BCUT2D eigenvalue weighted by Crippen LogP contribution is 2.58. The first-order chi connectivity index (χ1) is 25.6. The smallest absolute Gasteiger partial charge is 0.479 e. The van der Waals surface area contributed by atoms with Crippen LogP contribution in [0.2, 0.25) is 0 Å². The van der Waals surface area contributed by atoms with E-state index in [4.69, 9.17) is 24.5 Å². The summed E-state index contributed by atoms with van der Waals surface area (Å²) in [4.78, 5) is 72.1. The fraction of sp³-hybridized carbons (Fsp3) is 0.625. The average molecular weight is 957 g/mol. The van der Waals surface area contributed by atoms with Crippen molar-refractivity contribution in [3.8, 4) is 0 Å². The van der Waals surface area contributed by atoms with Crippen molar-refractivity contribution >= 4 is 46.7 Å². The summed E-state index contributed by atoms with van der Waals surface area (Å²) in [5.41, 5.74) is 6.66. The minimum atomic E-state index is -5.26. The zero-order valence-corrected chi connectivity index (χ0v) is 39.1. The molecule has 0 aliphatic carbocycles. The molecule has 0 spiro atoms. The van der Waals surface area contributed by atoms with Gasteiger partial charge in [0, 0.05) is 8.09 Å². The van der Waals surface area contributed by atoms with Crippen molar-refractivity contribution in [3.63, 3.8) is 0 Å². The number of hydrogen-bond acceptors (Lipinski definition) is 14. The van der Waals surface area contributed by atoms with Crippen LogP contribution in [0.15, 0.2) is 70.4 Å². The summed E-state index contributed by atoms with van der Waals surface area (Å²) in [6.45, 7) is 19.2. The largest absolute Gasteiger partial charge is 0.756 e. The number of hydrogen-bond donors (Lipinski definition) is 6. The lowest BCUT2D eigenvalue weighted by atomic mass is 10.0. The molecule has 0 saturated carbocycles. The van der Waals surface area contributed by atoms with Gasteiger partial charge in [-0.2, -0.15) is 0 Å². The zero-order valence-electron chi connectivity index (χ0n) is 33.7. The number of allylic oxidation sites excluding steroid dienone is 8. The molecule has 0 aromatic carbocycles. The van der Waals surface area contributed by atoms with E-state index in [2.05, 4.69) is 79.0 Å². The molecule has 0 aromatic heterocycles. The van der Waals surface area contributed by atoms with E-state index in [1.165, 1.54) is 22.8 Å². The van der Waals surface area contributed by atoms with Gasteiger partial charge < -0.3 is 39.1 Å². The molecule has 0 saturated heterocycles. The van der Waals surface area contributed by atoms with E-state index in [1.807, 2.05) is 6.92 Å². The molecule has 346 valence electrons. The van der Waals surface area contributed by atoms with Gasteiger partial charge in [0.15, 0.2) is 0 Å². The van der Waals surface area contributed by atoms with Crippen LogP contribution < -0.4 is 9.79 Å². The van der Waals surface area contributed by atoms with Crippen molar-refractivity contribution in [2.24, 2.45) is 0 Å². The van der Waals surface area contributed by atoms with Crippen molar-refractivity contribution in [1.82, 2.24) is 0 Å². The molecular weight excluding hydrogens is 890 g/mol. The van der Waals surface area contributed by atoms with Gasteiger partial charge >= 0.3 is 31.1 Å². The lowest BCUT2D eigenvalue weighted by Gasteiger charge is -2.18. The molecule has 6 unspecified atom stereocenters.